The van der Waals surface area contributed by atoms with Gasteiger partial charge in [0, 0.05) is 6.54 Å². The van der Waals surface area contributed by atoms with Gasteiger partial charge in [0.2, 0.25) is 5.95 Å². The maximum atomic E-state index is 12.5. The van der Waals surface area contributed by atoms with Crippen molar-refractivity contribution in [3.8, 4) is 0 Å². The number of para-hydroxylation sites is 2. The number of imidazole rings is 1. The molecule has 7 heteroatoms. The zero-order valence-corrected chi connectivity index (χ0v) is 14.0. The minimum Gasteiger partial charge on any atom is -0.464 e. The highest BCUT2D eigenvalue weighted by Crippen LogP contribution is 2.20. The number of amides is 1. The molecule has 0 aliphatic rings. The van der Waals surface area contributed by atoms with Crippen LogP contribution in [0.2, 0.25) is 0 Å². The van der Waals surface area contributed by atoms with E-state index in [-0.39, 0.29) is 11.4 Å². The van der Waals surface area contributed by atoms with Gasteiger partial charge in [0.15, 0.2) is 0 Å². The lowest BCUT2D eigenvalue weighted by molar-refractivity contribution is 0.0594. The summed E-state index contributed by atoms with van der Waals surface area (Å²) in [6.45, 7) is 2.79. The predicted octanol–water partition coefficient (Wildman–Crippen LogP) is 2.88. The van der Waals surface area contributed by atoms with Crippen LogP contribution in [0.4, 0.5) is 5.95 Å². The van der Waals surface area contributed by atoms with E-state index in [0.717, 1.165) is 24.0 Å². The molecule has 128 valence electrons. The maximum absolute atomic E-state index is 12.5. The first-order chi connectivity index (χ1) is 12.1. The molecule has 0 unspecified atom stereocenters. The normalized spacial score (nSPS) is 10.6. The van der Waals surface area contributed by atoms with Crippen LogP contribution >= 0.6 is 0 Å². The van der Waals surface area contributed by atoms with E-state index >= 15 is 0 Å². The largest absolute Gasteiger partial charge is 0.464 e. The van der Waals surface area contributed by atoms with Crippen LogP contribution in [-0.2, 0) is 11.3 Å². The SMILES string of the molecule is CCCn1c(NC(=O)c2cccc(C(=O)OC)n2)nc2ccccc21. The highest BCUT2D eigenvalue weighted by molar-refractivity contribution is 6.03. The number of ether oxygens (including phenoxy) is 1. The molecule has 0 bridgehead atoms. The van der Waals surface area contributed by atoms with Gasteiger partial charge in [0.25, 0.3) is 5.91 Å². The molecule has 1 amide bonds. The van der Waals surface area contributed by atoms with Crippen molar-refractivity contribution < 1.29 is 14.3 Å². The van der Waals surface area contributed by atoms with Gasteiger partial charge in [-0.1, -0.05) is 25.1 Å². The molecule has 0 fully saturated rings. The molecule has 0 saturated heterocycles. The number of carbonyl (C=O) groups is 2. The topological polar surface area (TPSA) is 86.1 Å². The Morgan fingerprint density at radius 3 is 2.60 bits per heavy atom. The summed E-state index contributed by atoms with van der Waals surface area (Å²) in [6.07, 6.45) is 0.902. The second-order valence-electron chi connectivity index (χ2n) is 5.43. The second-order valence-corrected chi connectivity index (χ2v) is 5.43. The van der Waals surface area contributed by atoms with E-state index in [4.69, 9.17) is 0 Å². The summed E-state index contributed by atoms with van der Waals surface area (Å²) in [5, 5.41) is 2.78. The van der Waals surface area contributed by atoms with Gasteiger partial charge >= 0.3 is 5.97 Å². The molecule has 1 aromatic carbocycles. The maximum Gasteiger partial charge on any atom is 0.356 e. The van der Waals surface area contributed by atoms with Crippen molar-refractivity contribution in [1.29, 1.82) is 0 Å². The van der Waals surface area contributed by atoms with Crippen molar-refractivity contribution in [2.24, 2.45) is 0 Å². The van der Waals surface area contributed by atoms with Crippen LogP contribution in [0, 0.1) is 0 Å². The van der Waals surface area contributed by atoms with Crippen LogP contribution in [0.5, 0.6) is 0 Å². The number of fused-ring (bicyclic) bond motifs is 1. The average Bonchev–Trinajstić information content (AvgIpc) is 2.99. The van der Waals surface area contributed by atoms with E-state index in [1.54, 1.807) is 6.07 Å². The van der Waals surface area contributed by atoms with Gasteiger partial charge in [0.05, 0.1) is 18.1 Å². The number of methoxy groups -OCH3 is 1. The number of rotatable bonds is 5. The fourth-order valence-electron chi connectivity index (χ4n) is 2.57. The Bertz CT molecular complexity index is 933. The first-order valence-corrected chi connectivity index (χ1v) is 7.96. The Balaban J connectivity index is 1.92. The molecular formula is C18H18N4O3. The van der Waals surface area contributed by atoms with Crippen LogP contribution in [0.3, 0.4) is 0 Å². The molecular weight excluding hydrogens is 320 g/mol. The zero-order valence-electron chi connectivity index (χ0n) is 14.0. The van der Waals surface area contributed by atoms with E-state index in [9.17, 15) is 9.59 Å². The van der Waals surface area contributed by atoms with E-state index in [2.05, 4.69) is 26.9 Å². The highest BCUT2D eigenvalue weighted by Gasteiger charge is 2.16. The molecule has 0 radical (unpaired) electrons. The molecule has 2 heterocycles. The minimum absolute atomic E-state index is 0.0808. The van der Waals surface area contributed by atoms with Crippen molar-refractivity contribution in [1.82, 2.24) is 14.5 Å². The van der Waals surface area contributed by atoms with Gasteiger partial charge in [-0.2, -0.15) is 0 Å². The molecule has 1 N–H and O–H groups in total. The lowest BCUT2D eigenvalue weighted by atomic mass is 10.3. The number of carbonyl (C=O) groups excluding carboxylic acids is 2. The Morgan fingerprint density at radius 1 is 1.08 bits per heavy atom. The van der Waals surface area contributed by atoms with Crippen molar-refractivity contribution in [3.05, 3.63) is 53.9 Å². The summed E-state index contributed by atoms with van der Waals surface area (Å²) in [7, 11) is 1.27. The third-order valence-corrected chi connectivity index (χ3v) is 3.70. The van der Waals surface area contributed by atoms with Gasteiger partial charge in [-0.05, 0) is 30.7 Å². The van der Waals surface area contributed by atoms with Crippen LogP contribution in [0.25, 0.3) is 11.0 Å². The summed E-state index contributed by atoms with van der Waals surface area (Å²) in [6, 6.07) is 12.3. The summed E-state index contributed by atoms with van der Waals surface area (Å²) in [5.74, 6) is -0.565. The monoisotopic (exact) mass is 338 g/mol. The third kappa shape index (κ3) is 3.35. The molecule has 3 aromatic rings. The lowest BCUT2D eigenvalue weighted by Gasteiger charge is -2.09. The Hall–Kier alpha value is -3.22. The van der Waals surface area contributed by atoms with Crippen molar-refractivity contribution >= 4 is 28.9 Å². The molecule has 0 aliphatic heterocycles. The molecule has 0 aliphatic carbocycles. The van der Waals surface area contributed by atoms with Crippen molar-refractivity contribution in [2.75, 3.05) is 12.4 Å². The van der Waals surface area contributed by atoms with Crippen LogP contribution in [0.1, 0.15) is 34.3 Å². The number of esters is 1. The minimum atomic E-state index is -0.590. The average molecular weight is 338 g/mol. The van der Waals surface area contributed by atoms with Crippen LogP contribution < -0.4 is 5.32 Å². The van der Waals surface area contributed by atoms with E-state index in [1.165, 1.54) is 19.2 Å². The first kappa shape index (κ1) is 16.6. The van der Waals surface area contributed by atoms with E-state index < -0.39 is 11.9 Å². The number of anilines is 1. The molecule has 0 spiro atoms. The number of benzene rings is 1. The number of hydrogen-bond acceptors (Lipinski definition) is 5. The number of aryl methyl sites for hydroxylation is 1. The third-order valence-electron chi connectivity index (χ3n) is 3.70. The fraction of sp³-hybridized carbons (Fsp3) is 0.222. The quantitative estimate of drug-likeness (QED) is 0.723. The van der Waals surface area contributed by atoms with Crippen LogP contribution in [-0.4, -0.2) is 33.5 Å². The van der Waals surface area contributed by atoms with Gasteiger partial charge in [0.1, 0.15) is 11.4 Å². The van der Waals surface area contributed by atoms with Gasteiger partial charge in [-0.25, -0.2) is 14.8 Å². The summed E-state index contributed by atoms with van der Waals surface area (Å²) >= 11 is 0. The predicted molar refractivity (Wildman–Crippen MR) is 93.6 cm³/mol. The summed E-state index contributed by atoms with van der Waals surface area (Å²) in [5.41, 5.74) is 1.97. The van der Waals surface area contributed by atoms with Crippen molar-refractivity contribution in [2.45, 2.75) is 19.9 Å². The Morgan fingerprint density at radius 2 is 1.84 bits per heavy atom. The molecule has 25 heavy (non-hydrogen) atoms. The highest BCUT2D eigenvalue weighted by atomic mass is 16.5. The second kappa shape index (κ2) is 7.12. The summed E-state index contributed by atoms with van der Waals surface area (Å²) in [4.78, 5) is 32.6. The van der Waals surface area contributed by atoms with Crippen molar-refractivity contribution in [3.63, 3.8) is 0 Å². The lowest BCUT2D eigenvalue weighted by Crippen LogP contribution is -2.18. The molecule has 0 saturated carbocycles. The molecule has 0 atom stereocenters. The van der Waals surface area contributed by atoms with E-state index in [0.29, 0.717) is 5.95 Å². The molecule has 2 aromatic heterocycles. The number of nitrogens with zero attached hydrogens (tertiary/aromatic N) is 3. The number of pyridine rings is 1. The van der Waals surface area contributed by atoms with Gasteiger partial charge in [-0.15, -0.1) is 0 Å². The van der Waals surface area contributed by atoms with Gasteiger partial charge in [-0.3, -0.25) is 10.1 Å². The van der Waals surface area contributed by atoms with Crippen LogP contribution in [0.15, 0.2) is 42.5 Å². The number of aromatic nitrogens is 3. The number of nitrogens with one attached hydrogen (secondary N) is 1. The Kier molecular flexibility index (Phi) is 4.74. The summed E-state index contributed by atoms with van der Waals surface area (Å²) < 4.78 is 6.59. The smallest absolute Gasteiger partial charge is 0.356 e. The zero-order chi connectivity index (χ0) is 17.8. The molecule has 7 nitrogen and oxygen atoms in total. The van der Waals surface area contributed by atoms with E-state index in [1.807, 2.05) is 28.8 Å². The standard InChI is InChI=1S/C18H18N4O3/c1-3-11-22-15-10-5-4-7-12(15)20-18(22)21-16(23)13-8-6-9-14(19-13)17(24)25-2/h4-10H,3,11H2,1-2H3,(H,20,21,23). The fourth-order valence-corrected chi connectivity index (χ4v) is 2.57. The Labute approximate surface area is 144 Å². The first-order valence-electron chi connectivity index (χ1n) is 7.96. The van der Waals surface area contributed by atoms with Gasteiger partial charge < -0.3 is 9.30 Å². The molecule has 3 rings (SSSR count). The number of hydrogen-bond donors (Lipinski definition) is 1.